The topological polar surface area (TPSA) is 135 Å². The lowest BCUT2D eigenvalue weighted by molar-refractivity contribution is -0.385. The normalized spacial score (nSPS) is 10.2. The van der Waals surface area contributed by atoms with Gasteiger partial charge in [0, 0.05) is 24.0 Å². The molecule has 0 aliphatic carbocycles. The molecular formula is C14H11N3O7S2. The summed E-state index contributed by atoms with van der Waals surface area (Å²) in [5, 5.41) is 21.6. The molecule has 1 heterocycles. The number of ether oxygens (including phenoxy) is 2. The molecule has 0 spiro atoms. The minimum Gasteiger partial charge on any atom is -0.433 e. The van der Waals surface area contributed by atoms with Gasteiger partial charge in [-0.1, -0.05) is 10.8 Å². The number of aromatic nitrogens is 1. The number of nitro benzene ring substituents is 1. The molecule has 136 valence electrons. The Kier molecular flexibility index (Phi) is 7.17. The fourth-order valence-electron chi connectivity index (χ4n) is 1.55. The Morgan fingerprint density at radius 3 is 2.27 bits per heavy atom. The van der Waals surface area contributed by atoms with Crippen LogP contribution in [-0.4, -0.2) is 33.3 Å². The van der Waals surface area contributed by atoms with Gasteiger partial charge in [0.25, 0.3) is 11.4 Å². The van der Waals surface area contributed by atoms with E-state index in [1.165, 1.54) is 64.2 Å². The minimum atomic E-state index is -0.919. The van der Waals surface area contributed by atoms with Crippen molar-refractivity contribution in [2.45, 2.75) is 5.03 Å². The summed E-state index contributed by atoms with van der Waals surface area (Å²) in [7, 11) is 2.64. The molecule has 0 fully saturated rings. The van der Waals surface area contributed by atoms with E-state index >= 15 is 0 Å². The first-order valence-electron chi connectivity index (χ1n) is 6.94. The quantitative estimate of drug-likeness (QED) is 0.161. The van der Waals surface area contributed by atoms with Crippen LogP contribution in [0.1, 0.15) is 0 Å². The molecule has 0 radical (unpaired) electrons. The number of rotatable bonds is 8. The number of nitro groups is 2. The Labute approximate surface area is 154 Å². The summed E-state index contributed by atoms with van der Waals surface area (Å²) in [4.78, 5) is 35.4. The molecule has 0 aliphatic rings. The molecule has 0 aliphatic heterocycles. The molecule has 26 heavy (non-hydrogen) atoms. The second-order valence-electron chi connectivity index (χ2n) is 4.47. The lowest BCUT2D eigenvalue weighted by Crippen LogP contribution is -2.12. The van der Waals surface area contributed by atoms with E-state index in [4.69, 9.17) is 9.47 Å². The second-order valence-corrected chi connectivity index (χ2v) is 6.90. The number of hydrogen-bond donors (Lipinski definition) is 0. The fraction of sp³-hybridized carbons (Fsp3) is 0.143. The van der Waals surface area contributed by atoms with Crippen LogP contribution in [0.5, 0.6) is 5.75 Å². The highest BCUT2D eigenvalue weighted by Gasteiger charge is 2.09. The minimum absolute atomic E-state index is 0.0798. The predicted molar refractivity (Wildman–Crippen MR) is 94.3 cm³/mol. The largest absolute Gasteiger partial charge is 0.513 e. The number of benzene rings is 1. The van der Waals surface area contributed by atoms with Gasteiger partial charge in [0.2, 0.25) is 0 Å². The van der Waals surface area contributed by atoms with Crippen molar-refractivity contribution in [2.75, 3.05) is 12.4 Å². The zero-order valence-corrected chi connectivity index (χ0v) is 14.6. The monoisotopic (exact) mass is 397 g/mol. The molecule has 0 atom stereocenters. The molecule has 0 saturated heterocycles. The van der Waals surface area contributed by atoms with Crippen molar-refractivity contribution >= 4 is 39.1 Å². The summed E-state index contributed by atoms with van der Waals surface area (Å²) in [6.07, 6.45) is 0.249. The Hall–Kier alpha value is -2.86. The van der Waals surface area contributed by atoms with Crippen molar-refractivity contribution in [2.24, 2.45) is 0 Å². The van der Waals surface area contributed by atoms with Crippen LogP contribution in [0.2, 0.25) is 0 Å². The molecule has 1 aromatic carbocycles. The Bertz CT molecular complexity index is 784. The van der Waals surface area contributed by atoms with Crippen LogP contribution in [0, 0.1) is 20.2 Å². The van der Waals surface area contributed by atoms with Crippen LogP contribution in [0.4, 0.5) is 16.2 Å². The van der Waals surface area contributed by atoms with E-state index < -0.39 is 16.0 Å². The van der Waals surface area contributed by atoms with Gasteiger partial charge in [-0.25, -0.2) is 9.78 Å². The second kappa shape index (κ2) is 9.58. The fourth-order valence-corrected chi connectivity index (χ4v) is 3.24. The van der Waals surface area contributed by atoms with Crippen molar-refractivity contribution in [1.82, 2.24) is 4.98 Å². The third-order valence-corrected chi connectivity index (χ3v) is 4.94. The van der Waals surface area contributed by atoms with Crippen LogP contribution in [0.15, 0.2) is 47.6 Å². The summed E-state index contributed by atoms with van der Waals surface area (Å²) in [5.74, 6) is 0.580. The molecule has 0 N–H and O–H groups in total. The van der Waals surface area contributed by atoms with E-state index in [1.54, 1.807) is 0 Å². The predicted octanol–water partition coefficient (Wildman–Crippen LogP) is 3.85. The van der Waals surface area contributed by atoms with Crippen LogP contribution in [-0.2, 0) is 4.74 Å². The van der Waals surface area contributed by atoms with Gasteiger partial charge in [-0.05, 0) is 29.0 Å². The zero-order chi connectivity index (χ0) is 18.9. The van der Waals surface area contributed by atoms with Crippen molar-refractivity contribution in [3.63, 3.8) is 0 Å². The van der Waals surface area contributed by atoms with E-state index in [1.807, 2.05) is 0 Å². The number of hydrogen-bond acceptors (Lipinski definition) is 10. The molecular weight excluding hydrogens is 386 g/mol. The van der Waals surface area contributed by atoms with Gasteiger partial charge >= 0.3 is 6.16 Å². The first-order valence-corrected chi connectivity index (χ1v) is 9.26. The molecule has 0 saturated carbocycles. The first kappa shape index (κ1) is 19.5. The molecule has 12 heteroatoms. The molecule has 0 bridgehead atoms. The number of carbonyl (C=O) groups excluding carboxylic acids is 1. The van der Waals surface area contributed by atoms with Gasteiger partial charge in [-0.2, -0.15) is 0 Å². The zero-order valence-electron chi connectivity index (χ0n) is 13.0. The van der Waals surface area contributed by atoms with Crippen LogP contribution >= 0.6 is 21.6 Å². The average Bonchev–Trinajstić information content (AvgIpc) is 2.62. The summed E-state index contributed by atoms with van der Waals surface area (Å²) >= 11 is 0. The van der Waals surface area contributed by atoms with Gasteiger partial charge < -0.3 is 9.47 Å². The molecule has 2 aromatic rings. The summed E-state index contributed by atoms with van der Waals surface area (Å²) in [6.45, 7) is 0.0798. The van der Waals surface area contributed by atoms with Gasteiger partial charge in [0.15, 0.2) is 0 Å². The number of carbonyl (C=O) groups is 1. The highest BCUT2D eigenvalue weighted by Crippen LogP contribution is 2.29. The Morgan fingerprint density at radius 2 is 1.69 bits per heavy atom. The smallest absolute Gasteiger partial charge is 0.433 e. The van der Waals surface area contributed by atoms with E-state index in [0.29, 0.717) is 10.8 Å². The van der Waals surface area contributed by atoms with Gasteiger partial charge in [0.1, 0.15) is 23.6 Å². The highest BCUT2D eigenvalue weighted by molar-refractivity contribution is 8.76. The summed E-state index contributed by atoms with van der Waals surface area (Å²) in [5.41, 5.74) is -0.198. The number of non-ortho nitro benzene ring substituents is 1. The van der Waals surface area contributed by atoms with Crippen molar-refractivity contribution in [1.29, 1.82) is 0 Å². The van der Waals surface area contributed by atoms with E-state index in [2.05, 4.69) is 4.98 Å². The molecule has 2 rings (SSSR count). The van der Waals surface area contributed by atoms with Gasteiger partial charge in [-0.15, -0.1) is 0 Å². The lowest BCUT2D eigenvalue weighted by Gasteiger charge is -2.05. The van der Waals surface area contributed by atoms with Crippen molar-refractivity contribution < 1.29 is 24.1 Å². The summed E-state index contributed by atoms with van der Waals surface area (Å²) < 4.78 is 9.75. The Balaban J connectivity index is 1.65. The number of pyridine rings is 1. The highest BCUT2D eigenvalue weighted by atomic mass is 33.1. The maximum atomic E-state index is 11.5. The van der Waals surface area contributed by atoms with Gasteiger partial charge in [-0.3, -0.25) is 20.2 Å². The first-order chi connectivity index (χ1) is 12.5. The molecule has 0 unspecified atom stereocenters. The van der Waals surface area contributed by atoms with E-state index in [9.17, 15) is 25.0 Å². The van der Waals surface area contributed by atoms with Crippen LogP contribution < -0.4 is 4.74 Å². The van der Waals surface area contributed by atoms with Crippen LogP contribution in [0.25, 0.3) is 0 Å². The average molecular weight is 397 g/mol. The van der Waals surface area contributed by atoms with E-state index in [-0.39, 0.29) is 23.7 Å². The van der Waals surface area contributed by atoms with Gasteiger partial charge in [0.05, 0.1) is 9.85 Å². The number of nitrogens with zero attached hydrogens (tertiary/aromatic N) is 3. The maximum absolute atomic E-state index is 11.5. The lowest BCUT2D eigenvalue weighted by atomic mass is 10.3. The van der Waals surface area contributed by atoms with Crippen molar-refractivity contribution in [3.05, 3.63) is 62.8 Å². The van der Waals surface area contributed by atoms with Crippen LogP contribution in [0.3, 0.4) is 0 Å². The maximum Gasteiger partial charge on any atom is 0.513 e. The molecule has 0 amide bonds. The molecule has 10 nitrogen and oxygen atoms in total. The standard InChI is InChI=1S/C14H11N3O7S2/c18-14(24-12-4-1-10(2-5-12)16(19)20)23-7-8-25-26-13-6-3-11(9-15-13)17(21)22/h1-6,9H,7-8H2. The SMILES string of the molecule is O=C(OCCSSc1ccc([N+](=O)[O-])cn1)Oc1ccc([N+](=O)[O-])cc1. The molecule has 1 aromatic heterocycles. The third-order valence-electron chi connectivity index (χ3n) is 2.71. The Morgan fingerprint density at radius 1 is 1.04 bits per heavy atom. The third kappa shape index (κ3) is 6.22. The summed E-state index contributed by atoms with van der Waals surface area (Å²) in [6, 6.07) is 7.90. The van der Waals surface area contributed by atoms with Crippen molar-refractivity contribution in [3.8, 4) is 5.75 Å². The van der Waals surface area contributed by atoms with E-state index in [0.717, 1.165) is 0 Å².